The normalized spacial score (nSPS) is 17.0. The lowest BCUT2D eigenvalue weighted by Gasteiger charge is -2.43. The summed E-state index contributed by atoms with van der Waals surface area (Å²) in [4.78, 5) is 27.2. The topological polar surface area (TPSA) is 46.6 Å². The van der Waals surface area contributed by atoms with Crippen molar-refractivity contribution < 1.29 is 14.3 Å². The number of hydrogen-bond acceptors (Lipinski definition) is 4. The van der Waals surface area contributed by atoms with E-state index in [1.807, 2.05) is 12.3 Å². The summed E-state index contributed by atoms with van der Waals surface area (Å²) in [5.74, 6) is -0.466. The highest BCUT2D eigenvalue weighted by Crippen LogP contribution is 2.37. The van der Waals surface area contributed by atoms with Gasteiger partial charge in [0, 0.05) is 28.3 Å². The number of methoxy groups -OCH3 is 1. The fourth-order valence-corrected chi connectivity index (χ4v) is 3.43. The molecule has 5 heteroatoms. The Hall–Kier alpha value is -1.88. The summed E-state index contributed by atoms with van der Waals surface area (Å²) in [5.41, 5.74) is 1.64. The van der Waals surface area contributed by atoms with Gasteiger partial charge in [-0.25, -0.2) is 4.79 Å². The molecule has 1 heterocycles. The van der Waals surface area contributed by atoms with Crippen molar-refractivity contribution >= 4 is 33.8 Å². The molecule has 0 fully saturated rings. The van der Waals surface area contributed by atoms with Crippen molar-refractivity contribution in [2.24, 2.45) is 5.41 Å². The van der Waals surface area contributed by atoms with Crippen LogP contribution < -0.4 is 0 Å². The summed E-state index contributed by atoms with van der Waals surface area (Å²) < 4.78 is 5.62. The van der Waals surface area contributed by atoms with Crippen LogP contribution in [0.2, 0.25) is 0 Å². The van der Waals surface area contributed by atoms with Gasteiger partial charge in [-0.2, -0.15) is 0 Å². The number of carbonyl (C=O) groups is 2. The molecule has 0 aromatic heterocycles. The van der Waals surface area contributed by atoms with Gasteiger partial charge in [0.15, 0.2) is 5.78 Å². The molecule has 1 aromatic rings. The number of ketones is 1. The van der Waals surface area contributed by atoms with Crippen molar-refractivity contribution in [3.05, 3.63) is 51.6 Å². The van der Waals surface area contributed by atoms with Crippen LogP contribution in [0.5, 0.6) is 0 Å². The standard InChI is InChI=1S/C22H28BrNO3/c1-21(2,3)24-12-11-22(4,5)18(14-24)19(25)10-8-15-7-9-16(23)13-17(15)20(26)27-6/h7-10,13-14H,11-12H2,1-6H3/b10-8+. The van der Waals surface area contributed by atoms with E-state index in [-0.39, 0.29) is 16.7 Å². The van der Waals surface area contributed by atoms with Crippen LogP contribution in [0.3, 0.4) is 0 Å². The van der Waals surface area contributed by atoms with Crippen molar-refractivity contribution in [3.8, 4) is 0 Å². The molecule has 1 aliphatic rings. The highest BCUT2D eigenvalue weighted by Gasteiger charge is 2.34. The number of nitrogens with zero attached hydrogens (tertiary/aromatic N) is 1. The third kappa shape index (κ3) is 5.10. The van der Waals surface area contributed by atoms with Crippen LogP contribution >= 0.6 is 15.9 Å². The minimum Gasteiger partial charge on any atom is -0.465 e. The third-order valence-electron chi connectivity index (χ3n) is 4.95. The number of hydrogen-bond donors (Lipinski definition) is 0. The SMILES string of the molecule is COC(=O)c1cc(Br)ccc1/C=C/C(=O)C1=CN(C(C)(C)C)CCC1(C)C. The number of benzene rings is 1. The molecule has 2 rings (SSSR count). The number of halogens is 1. The van der Waals surface area contributed by atoms with Gasteiger partial charge in [0.1, 0.15) is 0 Å². The Bertz CT molecular complexity index is 800. The highest BCUT2D eigenvalue weighted by molar-refractivity contribution is 9.10. The van der Waals surface area contributed by atoms with E-state index in [1.165, 1.54) is 7.11 Å². The van der Waals surface area contributed by atoms with Crippen molar-refractivity contribution in [2.45, 2.75) is 46.6 Å². The van der Waals surface area contributed by atoms with Gasteiger partial charge in [-0.15, -0.1) is 0 Å². The first-order valence-corrected chi connectivity index (χ1v) is 9.84. The number of allylic oxidation sites excluding steroid dienone is 2. The maximum atomic E-state index is 13.0. The quantitative estimate of drug-likeness (QED) is 0.481. The Morgan fingerprint density at radius 1 is 1.26 bits per heavy atom. The lowest BCUT2D eigenvalue weighted by molar-refractivity contribution is -0.112. The van der Waals surface area contributed by atoms with Gasteiger partial charge in [-0.1, -0.05) is 41.9 Å². The number of rotatable bonds is 4. The molecule has 0 radical (unpaired) electrons. The van der Waals surface area contributed by atoms with Crippen LogP contribution in [-0.4, -0.2) is 35.8 Å². The molecule has 0 unspecified atom stereocenters. The summed E-state index contributed by atoms with van der Waals surface area (Å²) in [5, 5.41) is 0. The number of ether oxygens (including phenoxy) is 1. The van der Waals surface area contributed by atoms with Crippen LogP contribution in [0.1, 0.15) is 57.0 Å². The second-order valence-corrected chi connectivity index (χ2v) is 9.38. The molecular formula is C22H28BrNO3. The molecule has 146 valence electrons. The zero-order chi connectivity index (χ0) is 20.4. The molecule has 4 nitrogen and oxygen atoms in total. The Balaban J connectivity index is 2.36. The predicted molar refractivity (Wildman–Crippen MR) is 112 cm³/mol. The van der Waals surface area contributed by atoms with Crippen LogP contribution in [0.15, 0.2) is 40.5 Å². The smallest absolute Gasteiger partial charge is 0.338 e. The molecule has 1 aromatic carbocycles. The van der Waals surface area contributed by atoms with E-state index in [4.69, 9.17) is 4.74 Å². The molecule has 0 N–H and O–H groups in total. The molecule has 0 amide bonds. The van der Waals surface area contributed by atoms with Crippen LogP contribution in [0, 0.1) is 5.41 Å². The van der Waals surface area contributed by atoms with Gasteiger partial charge < -0.3 is 9.64 Å². The predicted octanol–water partition coefficient (Wildman–Crippen LogP) is 5.23. The lowest BCUT2D eigenvalue weighted by Crippen LogP contribution is -2.44. The molecule has 0 saturated carbocycles. The zero-order valence-corrected chi connectivity index (χ0v) is 18.5. The van der Waals surface area contributed by atoms with Gasteiger partial charge in [-0.05, 0) is 56.4 Å². The van der Waals surface area contributed by atoms with E-state index in [1.54, 1.807) is 24.3 Å². The van der Waals surface area contributed by atoms with Gasteiger partial charge >= 0.3 is 5.97 Å². The highest BCUT2D eigenvalue weighted by atomic mass is 79.9. The van der Waals surface area contributed by atoms with Gasteiger partial charge in [0.25, 0.3) is 0 Å². The Labute approximate surface area is 170 Å². The third-order valence-corrected chi connectivity index (χ3v) is 5.45. The first-order chi connectivity index (χ1) is 12.5. The summed E-state index contributed by atoms with van der Waals surface area (Å²) in [7, 11) is 1.35. The fourth-order valence-electron chi connectivity index (χ4n) is 3.07. The molecular weight excluding hydrogens is 406 g/mol. The van der Waals surface area contributed by atoms with Crippen LogP contribution in [-0.2, 0) is 9.53 Å². The first kappa shape index (κ1) is 21.4. The maximum absolute atomic E-state index is 13.0. The molecule has 1 aliphatic heterocycles. The van der Waals surface area contributed by atoms with E-state index in [2.05, 4.69) is 55.4 Å². The minimum atomic E-state index is -0.431. The Kier molecular flexibility index (Phi) is 6.35. The largest absolute Gasteiger partial charge is 0.465 e. The summed E-state index contributed by atoms with van der Waals surface area (Å²) >= 11 is 3.36. The van der Waals surface area contributed by atoms with Crippen molar-refractivity contribution in [1.29, 1.82) is 0 Å². The molecule has 0 bridgehead atoms. The van der Waals surface area contributed by atoms with Gasteiger partial charge in [0.2, 0.25) is 0 Å². The van der Waals surface area contributed by atoms with Crippen molar-refractivity contribution in [3.63, 3.8) is 0 Å². The van der Waals surface area contributed by atoms with E-state index in [0.717, 1.165) is 23.0 Å². The molecule has 0 atom stereocenters. The summed E-state index contributed by atoms with van der Waals surface area (Å²) in [6.45, 7) is 11.6. The molecule has 0 saturated heterocycles. The fraction of sp³-hybridized carbons (Fsp3) is 0.455. The monoisotopic (exact) mass is 433 g/mol. The van der Waals surface area contributed by atoms with E-state index < -0.39 is 5.97 Å². The van der Waals surface area contributed by atoms with Gasteiger partial charge in [-0.3, -0.25) is 4.79 Å². The van der Waals surface area contributed by atoms with Crippen LogP contribution in [0.25, 0.3) is 6.08 Å². The molecule has 0 aliphatic carbocycles. The van der Waals surface area contributed by atoms with Crippen molar-refractivity contribution in [2.75, 3.05) is 13.7 Å². The number of carbonyl (C=O) groups excluding carboxylic acids is 2. The first-order valence-electron chi connectivity index (χ1n) is 9.05. The summed E-state index contributed by atoms with van der Waals surface area (Å²) in [6.07, 6.45) is 6.16. The van der Waals surface area contributed by atoms with E-state index >= 15 is 0 Å². The minimum absolute atomic E-state index is 0.0322. The van der Waals surface area contributed by atoms with E-state index in [9.17, 15) is 9.59 Å². The zero-order valence-electron chi connectivity index (χ0n) is 16.9. The number of esters is 1. The average molecular weight is 434 g/mol. The Morgan fingerprint density at radius 3 is 2.52 bits per heavy atom. The van der Waals surface area contributed by atoms with Crippen molar-refractivity contribution in [1.82, 2.24) is 4.90 Å². The van der Waals surface area contributed by atoms with Crippen LogP contribution in [0.4, 0.5) is 0 Å². The maximum Gasteiger partial charge on any atom is 0.338 e. The summed E-state index contributed by atoms with van der Waals surface area (Å²) in [6, 6.07) is 5.32. The molecule has 27 heavy (non-hydrogen) atoms. The average Bonchev–Trinajstić information content (AvgIpc) is 2.58. The lowest BCUT2D eigenvalue weighted by atomic mass is 9.76. The second kappa shape index (κ2) is 8.01. The Morgan fingerprint density at radius 2 is 1.93 bits per heavy atom. The van der Waals surface area contributed by atoms with E-state index in [0.29, 0.717) is 11.1 Å². The molecule has 0 spiro atoms. The van der Waals surface area contributed by atoms with Gasteiger partial charge in [0.05, 0.1) is 12.7 Å². The second-order valence-electron chi connectivity index (χ2n) is 8.46.